The topological polar surface area (TPSA) is 49.8 Å². The van der Waals surface area contributed by atoms with Crippen molar-refractivity contribution in [3.05, 3.63) is 27.2 Å². The number of hydrogen-bond donors (Lipinski definition) is 1. The zero-order valence-corrected chi connectivity index (χ0v) is 13.6. The zero-order valence-electron chi connectivity index (χ0n) is 11.3. The Morgan fingerprint density at radius 3 is 2.71 bits per heavy atom. The van der Waals surface area contributed by atoms with Crippen molar-refractivity contribution in [2.24, 2.45) is 5.92 Å². The summed E-state index contributed by atoms with van der Waals surface area (Å²) in [5, 5.41) is 9.90. The highest BCUT2D eigenvalue weighted by atomic mass is 35.5. The molecule has 7 heteroatoms. The van der Waals surface area contributed by atoms with Gasteiger partial charge in [0.1, 0.15) is 5.75 Å². The molecule has 1 fully saturated rings. The molecule has 1 amide bonds. The van der Waals surface area contributed by atoms with Crippen LogP contribution in [0.1, 0.15) is 12.8 Å². The number of carbonyl (C=O) groups is 1. The fourth-order valence-corrected chi connectivity index (χ4v) is 2.91. The van der Waals surface area contributed by atoms with Gasteiger partial charge in [-0.05, 0) is 24.8 Å². The number of likely N-dealkylation sites (tertiary alicyclic amines) is 1. The minimum absolute atomic E-state index is 0.0937. The first kappa shape index (κ1) is 16.7. The van der Waals surface area contributed by atoms with Crippen LogP contribution in [-0.2, 0) is 4.79 Å². The first-order valence-corrected chi connectivity index (χ1v) is 7.80. The number of hydrogen-bond acceptors (Lipinski definition) is 3. The maximum absolute atomic E-state index is 12.1. The van der Waals surface area contributed by atoms with Crippen LogP contribution in [0.15, 0.2) is 12.1 Å². The summed E-state index contributed by atoms with van der Waals surface area (Å²) in [6, 6.07) is 2.98. The molecule has 1 saturated heterocycles. The number of benzene rings is 1. The minimum Gasteiger partial charge on any atom is -0.482 e. The molecule has 1 N–H and O–H groups in total. The molecule has 1 atom stereocenters. The highest BCUT2D eigenvalue weighted by Gasteiger charge is 2.26. The monoisotopic (exact) mass is 351 g/mol. The summed E-state index contributed by atoms with van der Waals surface area (Å²) in [6.45, 7) is 1.42. The van der Waals surface area contributed by atoms with Crippen molar-refractivity contribution >= 4 is 40.7 Å². The van der Waals surface area contributed by atoms with Gasteiger partial charge in [-0.15, -0.1) is 0 Å². The Morgan fingerprint density at radius 1 is 1.29 bits per heavy atom. The van der Waals surface area contributed by atoms with E-state index in [1.807, 2.05) is 0 Å². The first-order valence-electron chi connectivity index (χ1n) is 6.67. The molecule has 116 valence electrons. The summed E-state index contributed by atoms with van der Waals surface area (Å²) in [4.78, 5) is 13.8. The van der Waals surface area contributed by atoms with Crippen LogP contribution >= 0.6 is 34.8 Å². The number of aliphatic hydroxyl groups is 1. The Bertz CT molecular complexity index is 524. The van der Waals surface area contributed by atoms with Crippen molar-refractivity contribution in [3.63, 3.8) is 0 Å². The molecule has 0 aliphatic carbocycles. The van der Waals surface area contributed by atoms with Gasteiger partial charge in [-0.1, -0.05) is 34.8 Å². The van der Waals surface area contributed by atoms with Crippen molar-refractivity contribution in [1.29, 1.82) is 0 Å². The van der Waals surface area contributed by atoms with Gasteiger partial charge in [0.15, 0.2) is 6.61 Å². The maximum Gasteiger partial charge on any atom is 0.260 e. The van der Waals surface area contributed by atoms with E-state index >= 15 is 0 Å². The fraction of sp³-hybridized carbons (Fsp3) is 0.500. The average molecular weight is 353 g/mol. The largest absolute Gasteiger partial charge is 0.482 e. The van der Waals surface area contributed by atoms with Gasteiger partial charge in [-0.2, -0.15) is 0 Å². The van der Waals surface area contributed by atoms with E-state index in [-0.39, 0.29) is 19.1 Å². The highest BCUT2D eigenvalue weighted by Crippen LogP contribution is 2.33. The van der Waals surface area contributed by atoms with Crippen LogP contribution in [-0.4, -0.2) is 42.2 Å². The number of halogens is 3. The van der Waals surface area contributed by atoms with E-state index in [0.717, 1.165) is 12.8 Å². The number of nitrogens with zero attached hydrogens (tertiary/aromatic N) is 1. The number of amides is 1. The lowest BCUT2D eigenvalue weighted by molar-refractivity contribution is -0.132. The summed E-state index contributed by atoms with van der Waals surface area (Å²) >= 11 is 17.7. The van der Waals surface area contributed by atoms with Gasteiger partial charge in [-0.3, -0.25) is 4.79 Å². The second-order valence-electron chi connectivity index (χ2n) is 4.99. The molecule has 4 nitrogen and oxygen atoms in total. The summed E-state index contributed by atoms with van der Waals surface area (Å²) in [5.74, 6) is 0.607. The molecule has 1 aliphatic heterocycles. The predicted molar refractivity (Wildman–Crippen MR) is 83.4 cm³/mol. The molecule has 0 radical (unpaired) electrons. The third-order valence-corrected chi connectivity index (χ3v) is 4.52. The van der Waals surface area contributed by atoms with Crippen LogP contribution in [0.5, 0.6) is 5.75 Å². The molecule has 0 bridgehead atoms. The Labute approximate surface area is 138 Å². The zero-order chi connectivity index (χ0) is 15.4. The molecule has 1 unspecified atom stereocenters. The minimum atomic E-state index is -0.0995. The molecule has 1 aromatic carbocycles. The summed E-state index contributed by atoms with van der Waals surface area (Å²) < 4.78 is 5.43. The third kappa shape index (κ3) is 4.39. The molecule has 21 heavy (non-hydrogen) atoms. The maximum atomic E-state index is 12.1. The molecule has 0 spiro atoms. The van der Waals surface area contributed by atoms with Crippen LogP contribution in [0.3, 0.4) is 0 Å². The number of rotatable bonds is 5. The highest BCUT2D eigenvalue weighted by molar-refractivity contribution is 6.43. The quantitative estimate of drug-likeness (QED) is 0.828. The van der Waals surface area contributed by atoms with E-state index in [4.69, 9.17) is 44.6 Å². The van der Waals surface area contributed by atoms with Crippen LogP contribution in [0.4, 0.5) is 0 Å². The Kier molecular flexibility index (Phi) is 5.99. The van der Waals surface area contributed by atoms with E-state index in [2.05, 4.69) is 0 Å². The van der Waals surface area contributed by atoms with Crippen LogP contribution in [0.25, 0.3) is 0 Å². The standard InChI is InChI=1S/C14H16Cl3NO3/c15-10-5-12(17)13(6-11(10)16)21-8-14(20)18-3-1-9(7-18)2-4-19/h5-6,9,19H,1-4,7-8H2. The number of carbonyl (C=O) groups excluding carboxylic acids is 1. The lowest BCUT2D eigenvalue weighted by atomic mass is 10.1. The smallest absolute Gasteiger partial charge is 0.260 e. The number of ether oxygens (including phenoxy) is 1. The van der Waals surface area contributed by atoms with Gasteiger partial charge < -0.3 is 14.7 Å². The van der Waals surface area contributed by atoms with Gasteiger partial charge in [0.25, 0.3) is 5.91 Å². The second-order valence-corrected chi connectivity index (χ2v) is 6.21. The number of aliphatic hydroxyl groups excluding tert-OH is 1. The van der Waals surface area contributed by atoms with Gasteiger partial charge in [0, 0.05) is 25.8 Å². The van der Waals surface area contributed by atoms with Gasteiger partial charge in [0.05, 0.1) is 15.1 Å². The Morgan fingerprint density at radius 2 is 2.00 bits per heavy atom. The van der Waals surface area contributed by atoms with Gasteiger partial charge in [0.2, 0.25) is 0 Å². The van der Waals surface area contributed by atoms with Crippen LogP contribution in [0.2, 0.25) is 15.1 Å². The summed E-state index contributed by atoms with van der Waals surface area (Å²) in [6.07, 6.45) is 1.64. The molecule has 1 heterocycles. The van der Waals surface area contributed by atoms with Crippen molar-refractivity contribution in [2.45, 2.75) is 12.8 Å². The summed E-state index contributed by atoms with van der Waals surface area (Å²) in [7, 11) is 0. The third-order valence-electron chi connectivity index (χ3n) is 3.50. The lowest BCUT2D eigenvalue weighted by Crippen LogP contribution is -2.33. The van der Waals surface area contributed by atoms with E-state index in [9.17, 15) is 4.79 Å². The van der Waals surface area contributed by atoms with Crippen molar-refractivity contribution < 1.29 is 14.6 Å². The van der Waals surface area contributed by atoms with Crippen molar-refractivity contribution in [1.82, 2.24) is 4.90 Å². The Balaban J connectivity index is 1.89. The SMILES string of the molecule is O=C(COc1cc(Cl)c(Cl)cc1Cl)N1CCC(CCO)C1. The van der Waals surface area contributed by atoms with Crippen LogP contribution < -0.4 is 4.74 Å². The fourth-order valence-electron chi connectivity index (χ4n) is 2.32. The van der Waals surface area contributed by atoms with Gasteiger partial charge in [-0.25, -0.2) is 0 Å². The molecule has 2 rings (SSSR count). The van der Waals surface area contributed by atoms with E-state index < -0.39 is 0 Å². The average Bonchev–Trinajstić information content (AvgIpc) is 2.90. The molecule has 1 aliphatic rings. The predicted octanol–water partition coefficient (Wildman–Crippen LogP) is 3.26. The molecule has 0 aromatic heterocycles. The lowest BCUT2D eigenvalue weighted by Gasteiger charge is -2.17. The molecular weight excluding hydrogens is 337 g/mol. The van der Waals surface area contributed by atoms with E-state index in [1.165, 1.54) is 12.1 Å². The molecular formula is C14H16Cl3NO3. The van der Waals surface area contributed by atoms with E-state index in [0.29, 0.717) is 39.8 Å². The summed E-state index contributed by atoms with van der Waals surface area (Å²) in [5.41, 5.74) is 0. The Hall–Kier alpha value is -0.680. The normalized spacial score (nSPS) is 18.1. The molecule has 1 aromatic rings. The molecule has 0 saturated carbocycles. The first-order chi connectivity index (χ1) is 10.0. The second kappa shape index (κ2) is 7.54. The van der Waals surface area contributed by atoms with Crippen LogP contribution in [0, 0.1) is 5.92 Å². The van der Waals surface area contributed by atoms with Gasteiger partial charge >= 0.3 is 0 Å². The van der Waals surface area contributed by atoms with E-state index in [1.54, 1.807) is 4.90 Å². The van der Waals surface area contributed by atoms with Crippen molar-refractivity contribution in [3.8, 4) is 5.75 Å². The van der Waals surface area contributed by atoms with Crippen molar-refractivity contribution in [2.75, 3.05) is 26.3 Å².